The van der Waals surface area contributed by atoms with Gasteiger partial charge in [0.1, 0.15) is 11.6 Å². The normalized spacial score (nSPS) is 19.0. The first kappa shape index (κ1) is 18.0. The Morgan fingerprint density at radius 1 is 1.22 bits per heavy atom. The topological polar surface area (TPSA) is 85.2 Å². The summed E-state index contributed by atoms with van der Waals surface area (Å²) in [5.41, 5.74) is 0.887. The minimum atomic E-state index is -0.212. The van der Waals surface area contributed by atoms with Crippen LogP contribution in [0.1, 0.15) is 57.2 Å². The Bertz CT molecular complexity index is 806. The van der Waals surface area contributed by atoms with E-state index >= 15 is 0 Å². The summed E-state index contributed by atoms with van der Waals surface area (Å²) in [7, 11) is 1.93. The Balaban J connectivity index is 1.51. The van der Waals surface area contributed by atoms with Crippen LogP contribution >= 0.6 is 0 Å². The van der Waals surface area contributed by atoms with Crippen LogP contribution < -0.4 is 5.32 Å². The molecule has 8 nitrogen and oxygen atoms in total. The maximum absolute atomic E-state index is 11.9. The van der Waals surface area contributed by atoms with E-state index < -0.39 is 0 Å². The van der Waals surface area contributed by atoms with Gasteiger partial charge in [0.05, 0.1) is 18.2 Å². The molecule has 1 saturated carbocycles. The van der Waals surface area contributed by atoms with Crippen LogP contribution in [-0.2, 0) is 11.8 Å². The van der Waals surface area contributed by atoms with E-state index in [4.69, 9.17) is 14.7 Å². The lowest BCUT2D eigenvalue weighted by molar-refractivity contribution is 0.0983. The highest BCUT2D eigenvalue weighted by atomic mass is 16.6. The van der Waals surface area contributed by atoms with E-state index in [0.29, 0.717) is 25.6 Å². The van der Waals surface area contributed by atoms with E-state index in [0.717, 1.165) is 35.5 Å². The molecule has 1 aliphatic heterocycles. The standard InChI is InChI=1S/C19H28N6O2/c1-3-27-19(26)25-10-8-14(9-11-25)21-17-15-12-20-24(2)18(15)23-16(22-17)13-6-4-5-7-13/h12-14H,3-11H2,1-2H3,(H,21,22,23). The number of carbonyl (C=O) groups excluding carboxylic acids is 1. The third-order valence-corrected chi connectivity index (χ3v) is 5.69. The van der Waals surface area contributed by atoms with Crippen LogP contribution in [0.2, 0.25) is 0 Å². The summed E-state index contributed by atoms with van der Waals surface area (Å²) in [6, 6.07) is 0.283. The fourth-order valence-corrected chi connectivity index (χ4v) is 4.13. The van der Waals surface area contributed by atoms with Crippen LogP contribution in [0.5, 0.6) is 0 Å². The highest BCUT2D eigenvalue weighted by Crippen LogP contribution is 2.34. The van der Waals surface area contributed by atoms with Gasteiger partial charge in [-0.3, -0.25) is 4.68 Å². The first-order chi connectivity index (χ1) is 13.2. The summed E-state index contributed by atoms with van der Waals surface area (Å²) >= 11 is 0. The van der Waals surface area contributed by atoms with Crippen LogP contribution in [0.25, 0.3) is 11.0 Å². The number of likely N-dealkylation sites (tertiary alicyclic amines) is 1. The second-order valence-electron chi connectivity index (χ2n) is 7.52. The third kappa shape index (κ3) is 3.70. The minimum Gasteiger partial charge on any atom is -0.450 e. The molecule has 0 bridgehead atoms. The number of nitrogens with zero attached hydrogens (tertiary/aromatic N) is 5. The molecule has 1 saturated heterocycles. The van der Waals surface area contributed by atoms with Crippen molar-refractivity contribution in [2.24, 2.45) is 7.05 Å². The molecule has 3 heterocycles. The summed E-state index contributed by atoms with van der Waals surface area (Å²) in [6.07, 6.45) is 8.23. The van der Waals surface area contributed by atoms with Crippen molar-refractivity contribution in [1.29, 1.82) is 0 Å². The summed E-state index contributed by atoms with van der Waals surface area (Å²) < 4.78 is 6.93. The van der Waals surface area contributed by atoms with Crippen LogP contribution in [0.3, 0.4) is 0 Å². The van der Waals surface area contributed by atoms with Crippen molar-refractivity contribution >= 4 is 22.9 Å². The van der Waals surface area contributed by atoms with Crippen molar-refractivity contribution in [2.45, 2.75) is 57.4 Å². The molecule has 1 N–H and O–H groups in total. The fraction of sp³-hybridized carbons (Fsp3) is 0.684. The first-order valence-corrected chi connectivity index (χ1v) is 10.0. The Labute approximate surface area is 159 Å². The lowest BCUT2D eigenvalue weighted by atomic mass is 10.1. The highest BCUT2D eigenvalue weighted by Gasteiger charge is 2.26. The molecule has 2 fully saturated rings. The first-order valence-electron chi connectivity index (χ1n) is 10.0. The number of amides is 1. The maximum atomic E-state index is 11.9. The Kier molecular flexibility index (Phi) is 5.13. The number of hydrogen-bond acceptors (Lipinski definition) is 6. The molecule has 0 radical (unpaired) electrons. The molecule has 0 spiro atoms. The summed E-state index contributed by atoms with van der Waals surface area (Å²) in [6.45, 7) is 3.66. The average Bonchev–Trinajstić information content (AvgIpc) is 3.33. The number of aryl methyl sites for hydroxylation is 1. The number of hydrogen-bond donors (Lipinski definition) is 1. The molecule has 2 aromatic heterocycles. The van der Waals surface area contributed by atoms with E-state index in [2.05, 4.69) is 10.4 Å². The largest absolute Gasteiger partial charge is 0.450 e. The summed E-state index contributed by atoms with van der Waals surface area (Å²) in [4.78, 5) is 23.4. The average molecular weight is 372 g/mol. The van der Waals surface area contributed by atoms with E-state index in [1.807, 2.05) is 24.9 Å². The van der Waals surface area contributed by atoms with Crippen LogP contribution in [-0.4, -0.2) is 56.5 Å². The van der Waals surface area contributed by atoms with Crippen molar-refractivity contribution in [3.05, 3.63) is 12.0 Å². The molecule has 0 atom stereocenters. The van der Waals surface area contributed by atoms with Gasteiger partial charge in [0.2, 0.25) is 0 Å². The molecule has 4 rings (SSSR count). The monoisotopic (exact) mass is 372 g/mol. The minimum absolute atomic E-state index is 0.212. The number of rotatable bonds is 4. The molecule has 27 heavy (non-hydrogen) atoms. The molecular formula is C19H28N6O2. The van der Waals surface area contributed by atoms with Gasteiger partial charge in [0, 0.05) is 32.1 Å². The van der Waals surface area contributed by atoms with Crippen molar-refractivity contribution in [1.82, 2.24) is 24.6 Å². The number of aromatic nitrogens is 4. The molecule has 2 aromatic rings. The van der Waals surface area contributed by atoms with Gasteiger partial charge in [-0.15, -0.1) is 0 Å². The molecule has 1 aliphatic carbocycles. The van der Waals surface area contributed by atoms with Crippen LogP contribution in [0, 0.1) is 0 Å². The quantitative estimate of drug-likeness (QED) is 0.888. The molecule has 1 amide bonds. The summed E-state index contributed by atoms with van der Waals surface area (Å²) in [5, 5.41) is 8.95. The van der Waals surface area contributed by atoms with E-state index in [1.165, 1.54) is 25.7 Å². The van der Waals surface area contributed by atoms with Gasteiger partial charge >= 0.3 is 6.09 Å². The van der Waals surface area contributed by atoms with Crippen molar-refractivity contribution in [3.8, 4) is 0 Å². The predicted molar refractivity (Wildman–Crippen MR) is 103 cm³/mol. The maximum Gasteiger partial charge on any atom is 0.409 e. The number of piperidine rings is 1. The van der Waals surface area contributed by atoms with Crippen LogP contribution in [0.4, 0.5) is 10.6 Å². The lowest BCUT2D eigenvalue weighted by Gasteiger charge is -2.32. The van der Waals surface area contributed by atoms with Gasteiger partial charge in [0.15, 0.2) is 5.65 Å². The number of ether oxygens (including phenoxy) is 1. The fourth-order valence-electron chi connectivity index (χ4n) is 4.13. The number of nitrogens with one attached hydrogen (secondary N) is 1. The SMILES string of the molecule is CCOC(=O)N1CCC(Nc2nc(C3CCCC3)nc3c2cnn3C)CC1. The van der Waals surface area contributed by atoms with Crippen molar-refractivity contribution < 1.29 is 9.53 Å². The van der Waals surface area contributed by atoms with E-state index in [9.17, 15) is 4.79 Å². The molecular weight excluding hydrogens is 344 g/mol. The van der Waals surface area contributed by atoms with Gasteiger partial charge in [-0.25, -0.2) is 14.8 Å². The molecule has 2 aliphatic rings. The predicted octanol–water partition coefficient (Wildman–Crippen LogP) is 3.05. The number of fused-ring (bicyclic) bond motifs is 1. The second kappa shape index (κ2) is 7.70. The third-order valence-electron chi connectivity index (χ3n) is 5.69. The Morgan fingerprint density at radius 2 is 1.96 bits per heavy atom. The summed E-state index contributed by atoms with van der Waals surface area (Å²) in [5.74, 6) is 2.27. The molecule has 8 heteroatoms. The Hall–Kier alpha value is -2.38. The van der Waals surface area contributed by atoms with Gasteiger partial charge in [-0.1, -0.05) is 12.8 Å². The van der Waals surface area contributed by atoms with Gasteiger partial charge in [0.25, 0.3) is 0 Å². The second-order valence-corrected chi connectivity index (χ2v) is 7.52. The van der Waals surface area contributed by atoms with Gasteiger partial charge in [-0.05, 0) is 32.6 Å². The molecule has 0 unspecified atom stereocenters. The van der Waals surface area contributed by atoms with Crippen molar-refractivity contribution in [2.75, 3.05) is 25.0 Å². The number of carbonyl (C=O) groups is 1. The van der Waals surface area contributed by atoms with E-state index in [-0.39, 0.29) is 12.1 Å². The lowest BCUT2D eigenvalue weighted by Crippen LogP contribution is -2.42. The van der Waals surface area contributed by atoms with E-state index in [1.54, 1.807) is 4.90 Å². The molecule has 146 valence electrons. The zero-order valence-electron chi connectivity index (χ0n) is 16.1. The molecule has 0 aromatic carbocycles. The smallest absolute Gasteiger partial charge is 0.409 e. The zero-order valence-corrected chi connectivity index (χ0v) is 16.1. The number of anilines is 1. The van der Waals surface area contributed by atoms with Gasteiger partial charge in [-0.2, -0.15) is 5.10 Å². The zero-order chi connectivity index (χ0) is 18.8. The Morgan fingerprint density at radius 3 is 2.67 bits per heavy atom. The highest BCUT2D eigenvalue weighted by molar-refractivity contribution is 5.86. The van der Waals surface area contributed by atoms with Gasteiger partial charge < -0.3 is 15.0 Å². The van der Waals surface area contributed by atoms with Crippen molar-refractivity contribution in [3.63, 3.8) is 0 Å². The van der Waals surface area contributed by atoms with Crippen LogP contribution in [0.15, 0.2) is 6.20 Å².